The SMILES string of the molecule is COc1cccc2c1N[C@H](c1cccc3ccccc13)[C@H]1CC=C[C@H]21. The van der Waals surface area contributed by atoms with Crippen molar-refractivity contribution in [3.05, 3.63) is 83.9 Å². The van der Waals surface area contributed by atoms with Crippen molar-refractivity contribution in [3.8, 4) is 5.75 Å². The summed E-state index contributed by atoms with van der Waals surface area (Å²) in [5, 5.41) is 6.47. The topological polar surface area (TPSA) is 21.3 Å². The van der Waals surface area contributed by atoms with E-state index < -0.39 is 0 Å². The molecule has 2 nitrogen and oxygen atoms in total. The summed E-state index contributed by atoms with van der Waals surface area (Å²) < 4.78 is 5.65. The van der Waals surface area contributed by atoms with E-state index in [2.05, 4.69) is 72.1 Å². The van der Waals surface area contributed by atoms with Gasteiger partial charge in [0.2, 0.25) is 0 Å². The summed E-state index contributed by atoms with van der Waals surface area (Å²) in [7, 11) is 1.75. The molecule has 0 amide bonds. The number of hydrogen-bond acceptors (Lipinski definition) is 2. The molecule has 5 rings (SSSR count). The molecule has 0 saturated heterocycles. The molecule has 3 atom stereocenters. The van der Waals surface area contributed by atoms with Crippen molar-refractivity contribution >= 4 is 16.5 Å². The van der Waals surface area contributed by atoms with Crippen LogP contribution in [0.4, 0.5) is 5.69 Å². The summed E-state index contributed by atoms with van der Waals surface area (Å²) in [6.07, 6.45) is 5.83. The third kappa shape index (κ3) is 2.17. The second-order valence-corrected chi connectivity index (χ2v) is 6.97. The van der Waals surface area contributed by atoms with Gasteiger partial charge in [-0.15, -0.1) is 0 Å². The zero-order valence-electron chi connectivity index (χ0n) is 14.3. The minimum absolute atomic E-state index is 0.287. The van der Waals surface area contributed by atoms with Gasteiger partial charge in [0, 0.05) is 5.92 Å². The number of fused-ring (bicyclic) bond motifs is 4. The highest BCUT2D eigenvalue weighted by Gasteiger charge is 2.39. The van der Waals surface area contributed by atoms with Gasteiger partial charge in [0.1, 0.15) is 5.75 Å². The van der Waals surface area contributed by atoms with E-state index in [1.165, 1.54) is 21.9 Å². The fourth-order valence-electron chi connectivity index (χ4n) is 4.59. The Balaban J connectivity index is 1.70. The summed E-state index contributed by atoms with van der Waals surface area (Å²) in [6.45, 7) is 0. The standard InChI is InChI=1S/C23H21NO/c1-25-21-14-6-13-20-17-10-5-12-19(17)22(24-23(20)21)18-11-4-8-15-7-2-3-9-16(15)18/h2-11,13-14,17,19,22,24H,12H2,1H3/t17-,19-,22+/m0/s1. The largest absolute Gasteiger partial charge is 0.495 e. The van der Waals surface area contributed by atoms with Crippen LogP contribution in [0.15, 0.2) is 72.8 Å². The Hall–Kier alpha value is -2.74. The first-order valence-electron chi connectivity index (χ1n) is 8.94. The highest BCUT2D eigenvalue weighted by molar-refractivity contribution is 5.87. The van der Waals surface area contributed by atoms with Crippen molar-refractivity contribution in [2.24, 2.45) is 5.92 Å². The molecular weight excluding hydrogens is 306 g/mol. The van der Waals surface area contributed by atoms with Gasteiger partial charge < -0.3 is 10.1 Å². The Morgan fingerprint density at radius 1 is 0.920 bits per heavy atom. The van der Waals surface area contributed by atoms with Crippen LogP contribution in [0.5, 0.6) is 5.75 Å². The fraction of sp³-hybridized carbons (Fsp3) is 0.217. The highest BCUT2D eigenvalue weighted by Crippen LogP contribution is 2.52. The molecule has 0 unspecified atom stereocenters. The summed E-state index contributed by atoms with van der Waals surface area (Å²) >= 11 is 0. The van der Waals surface area contributed by atoms with Gasteiger partial charge in [-0.3, -0.25) is 0 Å². The van der Waals surface area contributed by atoms with Gasteiger partial charge >= 0.3 is 0 Å². The van der Waals surface area contributed by atoms with Gasteiger partial charge in [-0.25, -0.2) is 0 Å². The fourth-order valence-corrected chi connectivity index (χ4v) is 4.59. The molecule has 1 aliphatic carbocycles. The van der Waals surface area contributed by atoms with Crippen molar-refractivity contribution in [2.75, 3.05) is 12.4 Å². The van der Waals surface area contributed by atoms with Crippen molar-refractivity contribution in [3.63, 3.8) is 0 Å². The minimum atomic E-state index is 0.287. The quantitative estimate of drug-likeness (QED) is 0.612. The molecule has 1 N–H and O–H groups in total. The molecule has 2 aliphatic rings. The van der Waals surface area contributed by atoms with Gasteiger partial charge in [0.05, 0.1) is 18.8 Å². The second-order valence-electron chi connectivity index (χ2n) is 6.97. The Kier molecular flexibility index (Phi) is 3.30. The number of anilines is 1. The summed E-state index contributed by atoms with van der Waals surface area (Å²) in [4.78, 5) is 0. The van der Waals surface area contributed by atoms with Gasteiger partial charge in [0.15, 0.2) is 0 Å². The average molecular weight is 327 g/mol. The molecular formula is C23H21NO. The van der Waals surface area contributed by atoms with E-state index in [9.17, 15) is 0 Å². The lowest BCUT2D eigenvalue weighted by Crippen LogP contribution is -2.29. The van der Waals surface area contributed by atoms with Crippen LogP contribution in [0.25, 0.3) is 10.8 Å². The number of rotatable bonds is 2. The number of para-hydroxylation sites is 1. The summed E-state index contributed by atoms with van der Waals surface area (Å²) in [6, 6.07) is 22.0. The van der Waals surface area contributed by atoms with Crippen LogP contribution in [0, 0.1) is 5.92 Å². The molecule has 0 aromatic heterocycles. The number of nitrogens with one attached hydrogen (secondary N) is 1. The Morgan fingerprint density at radius 2 is 1.72 bits per heavy atom. The number of hydrogen-bond donors (Lipinski definition) is 1. The highest BCUT2D eigenvalue weighted by atomic mass is 16.5. The first kappa shape index (κ1) is 14.6. The first-order chi connectivity index (χ1) is 12.4. The lowest BCUT2D eigenvalue weighted by atomic mass is 9.76. The molecule has 3 aromatic rings. The van der Waals surface area contributed by atoms with E-state index in [4.69, 9.17) is 4.74 Å². The maximum absolute atomic E-state index is 5.65. The van der Waals surface area contributed by atoms with Crippen LogP contribution in [0.2, 0.25) is 0 Å². The lowest BCUT2D eigenvalue weighted by Gasteiger charge is -2.38. The van der Waals surface area contributed by atoms with Gasteiger partial charge in [-0.05, 0) is 40.3 Å². The molecule has 25 heavy (non-hydrogen) atoms. The predicted octanol–water partition coefficient (Wildman–Crippen LogP) is 5.67. The van der Waals surface area contributed by atoms with Crippen LogP contribution in [0.1, 0.15) is 29.5 Å². The molecule has 0 fully saturated rings. The molecule has 3 aromatic carbocycles. The minimum Gasteiger partial charge on any atom is -0.495 e. The van der Waals surface area contributed by atoms with Crippen molar-refractivity contribution in [1.82, 2.24) is 0 Å². The van der Waals surface area contributed by atoms with Gasteiger partial charge in [-0.1, -0.05) is 66.7 Å². The van der Waals surface area contributed by atoms with Crippen molar-refractivity contribution in [2.45, 2.75) is 18.4 Å². The number of ether oxygens (including phenoxy) is 1. The van der Waals surface area contributed by atoms with Crippen molar-refractivity contribution < 1.29 is 4.74 Å². The van der Waals surface area contributed by atoms with E-state index >= 15 is 0 Å². The summed E-state index contributed by atoms with van der Waals surface area (Å²) in [5.41, 5.74) is 3.89. The zero-order valence-corrected chi connectivity index (χ0v) is 14.3. The van der Waals surface area contributed by atoms with Crippen LogP contribution >= 0.6 is 0 Å². The molecule has 0 saturated carbocycles. The molecule has 0 radical (unpaired) electrons. The number of methoxy groups -OCH3 is 1. The molecule has 0 spiro atoms. The zero-order chi connectivity index (χ0) is 16.8. The van der Waals surface area contributed by atoms with E-state index in [1.807, 2.05) is 6.07 Å². The van der Waals surface area contributed by atoms with Gasteiger partial charge in [-0.2, -0.15) is 0 Å². The summed E-state index contributed by atoms with van der Waals surface area (Å²) in [5.74, 6) is 1.93. The Labute approximate surface area is 148 Å². The molecule has 0 bridgehead atoms. The van der Waals surface area contributed by atoms with E-state index in [-0.39, 0.29) is 6.04 Å². The van der Waals surface area contributed by atoms with E-state index in [1.54, 1.807) is 7.11 Å². The monoisotopic (exact) mass is 327 g/mol. The molecule has 1 aliphatic heterocycles. The smallest absolute Gasteiger partial charge is 0.142 e. The maximum atomic E-state index is 5.65. The third-order valence-corrected chi connectivity index (χ3v) is 5.74. The van der Waals surface area contributed by atoms with Gasteiger partial charge in [0.25, 0.3) is 0 Å². The first-order valence-corrected chi connectivity index (χ1v) is 8.94. The average Bonchev–Trinajstić information content (AvgIpc) is 3.16. The molecule has 2 heteroatoms. The van der Waals surface area contributed by atoms with Crippen LogP contribution in [-0.4, -0.2) is 7.11 Å². The lowest BCUT2D eigenvalue weighted by molar-refractivity contribution is 0.398. The number of allylic oxidation sites excluding steroid dienone is 2. The normalized spacial score (nSPS) is 23.8. The molecule has 1 heterocycles. The van der Waals surface area contributed by atoms with Crippen molar-refractivity contribution in [1.29, 1.82) is 0 Å². The Morgan fingerprint density at radius 3 is 2.64 bits per heavy atom. The van der Waals surface area contributed by atoms with Crippen LogP contribution < -0.4 is 10.1 Å². The second kappa shape index (κ2) is 5.66. The van der Waals surface area contributed by atoms with Crippen LogP contribution in [0.3, 0.4) is 0 Å². The predicted molar refractivity (Wildman–Crippen MR) is 103 cm³/mol. The molecule has 124 valence electrons. The number of benzene rings is 3. The maximum Gasteiger partial charge on any atom is 0.142 e. The Bertz CT molecular complexity index is 969. The third-order valence-electron chi connectivity index (χ3n) is 5.74. The van der Waals surface area contributed by atoms with Crippen LogP contribution in [-0.2, 0) is 0 Å². The van der Waals surface area contributed by atoms with E-state index in [0.717, 1.165) is 17.9 Å². The van der Waals surface area contributed by atoms with E-state index in [0.29, 0.717) is 11.8 Å².